The summed E-state index contributed by atoms with van der Waals surface area (Å²) < 4.78 is 22.6. The number of rotatable bonds is 20. The zero-order valence-corrected chi connectivity index (χ0v) is 45.1. The zero-order chi connectivity index (χ0) is 50.0. The predicted molar refractivity (Wildman–Crippen MR) is 292 cm³/mol. The quantitative estimate of drug-likeness (QED) is 0.0255. The molecule has 0 aliphatic carbocycles. The van der Waals surface area contributed by atoms with Crippen LogP contribution in [0.15, 0.2) is 84.9 Å². The number of thiazole rings is 1. The molecule has 1 aromatic heterocycles. The van der Waals surface area contributed by atoms with Gasteiger partial charge < -0.3 is 45.1 Å². The number of ether oxygens (including phenoxy) is 4. The van der Waals surface area contributed by atoms with E-state index in [1.807, 2.05) is 107 Å². The summed E-state index contributed by atoms with van der Waals surface area (Å²) in [5.74, 6) is 5.03. The number of benzene rings is 4. The largest absolute Gasteiger partial charge is 0.493 e. The minimum atomic E-state index is -0.128. The van der Waals surface area contributed by atoms with Crippen LogP contribution in [0.5, 0.6) is 23.0 Å². The third-order valence-corrected chi connectivity index (χ3v) is 12.7. The molecule has 0 fully saturated rings. The van der Waals surface area contributed by atoms with Crippen molar-refractivity contribution in [1.82, 2.24) is 14.8 Å². The number of ketones is 2. The monoisotopic (exact) mass is 1030 g/mol. The molecule has 7 rings (SSSR count). The average Bonchev–Trinajstić information content (AvgIpc) is 4.08. The Bertz CT molecular complexity index is 2240. The second-order valence-corrected chi connectivity index (χ2v) is 17.2. The average molecular weight is 1040 g/mol. The van der Waals surface area contributed by atoms with E-state index in [0.717, 1.165) is 104 Å². The minimum Gasteiger partial charge on any atom is -0.493 e. The Kier molecular flexibility index (Phi) is 26.5. The van der Waals surface area contributed by atoms with Crippen molar-refractivity contribution < 1.29 is 28.5 Å². The van der Waals surface area contributed by atoms with Crippen LogP contribution >= 0.6 is 39.9 Å². The van der Waals surface area contributed by atoms with Gasteiger partial charge in [-0.2, -0.15) is 12.6 Å². The maximum Gasteiger partial charge on any atom is 0.206 e. The molecule has 4 aromatic carbocycles. The fraction of sp³-hybridized carbons (Fsp3) is 0.453. The predicted octanol–water partition coefficient (Wildman–Crippen LogP) is 12.4. The number of fused-ring (bicyclic) bond motifs is 2. The number of nitrogens with one attached hydrogen (secondary N) is 2. The van der Waals surface area contributed by atoms with Crippen molar-refractivity contribution in [2.24, 2.45) is 0 Å². The molecule has 2 aliphatic rings. The number of alkyl halides is 1. The van der Waals surface area contributed by atoms with Gasteiger partial charge in [0.2, 0.25) is 5.78 Å². The Morgan fingerprint density at radius 3 is 1.65 bits per heavy atom. The zero-order valence-electron chi connectivity index (χ0n) is 41.8. The SMILES string of the molecule is CC.CC.CC1COc2ccc(C(=O)CBr)cc21.CCN(CC)CCOc1ccc(NCS)cc1.CCN(CC)CCOc1ccc(Nc2nc(N)c(C(=O)c3ccc4c(c3)C(C)CO4)s2)cc1. The number of thiol groups is 1. The number of anilines is 4. The number of carbonyl (C=O) groups excluding carboxylic acids is 2. The third-order valence-electron chi connectivity index (χ3n) is 11.0. The van der Waals surface area contributed by atoms with Gasteiger partial charge >= 0.3 is 0 Å². The highest BCUT2D eigenvalue weighted by molar-refractivity contribution is 9.09. The van der Waals surface area contributed by atoms with Crippen LogP contribution in [-0.4, -0.2) is 103 Å². The Labute approximate surface area is 424 Å². The topological polar surface area (TPSA) is 141 Å². The summed E-state index contributed by atoms with van der Waals surface area (Å²) in [7, 11) is 0. The summed E-state index contributed by atoms with van der Waals surface area (Å²) in [5.41, 5.74) is 11.6. The van der Waals surface area contributed by atoms with Crippen LogP contribution in [0.1, 0.15) is 118 Å². The highest BCUT2D eigenvalue weighted by Crippen LogP contribution is 2.37. The number of nitrogen functional groups attached to an aromatic ring is 1. The Morgan fingerprint density at radius 2 is 1.19 bits per heavy atom. The number of hydrogen-bond acceptors (Lipinski definition) is 14. The minimum absolute atomic E-state index is 0.118. The highest BCUT2D eigenvalue weighted by atomic mass is 79.9. The first-order valence-electron chi connectivity index (χ1n) is 24.0. The first-order valence-corrected chi connectivity index (χ1v) is 26.5. The highest BCUT2D eigenvalue weighted by Gasteiger charge is 2.25. The lowest BCUT2D eigenvalue weighted by Crippen LogP contribution is -2.27. The van der Waals surface area contributed by atoms with E-state index in [1.165, 1.54) is 11.3 Å². The molecule has 0 saturated carbocycles. The molecule has 5 aromatic rings. The molecule has 372 valence electrons. The van der Waals surface area contributed by atoms with E-state index in [1.54, 1.807) is 6.07 Å². The van der Waals surface area contributed by atoms with Crippen molar-refractivity contribution in [3.8, 4) is 23.0 Å². The molecule has 2 aliphatic heterocycles. The summed E-state index contributed by atoms with van der Waals surface area (Å²) in [6.45, 7) is 29.6. The smallest absolute Gasteiger partial charge is 0.206 e. The molecule has 0 bridgehead atoms. The molecule has 2 unspecified atom stereocenters. The van der Waals surface area contributed by atoms with E-state index >= 15 is 0 Å². The molecular formula is C53H75BrN6O6S2. The van der Waals surface area contributed by atoms with Gasteiger partial charge in [-0.15, -0.1) is 0 Å². The van der Waals surface area contributed by atoms with E-state index in [0.29, 0.717) is 45.9 Å². The number of likely N-dealkylation sites (N-methyl/N-ethyl adjacent to an activating group) is 2. The van der Waals surface area contributed by atoms with Crippen LogP contribution in [0.4, 0.5) is 22.3 Å². The van der Waals surface area contributed by atoms with Gasteiger partial charge in [-0.3, -0.25) is 9.59 Å². The lowest BCUT2D eigenvalue weighted by atomic mass is 9.99. The molecular weight excluding hydrogens is 961 g/mol. The summed E-state index contributed by atoms with van der Waals surface area (Å²) in [5, 5.41) is 7.31. The van der Waals surface area contributed by atoms with Crippen LogP contribution < -0.4 is 35.3 Å². The number of carbonyl (C=O) groups is 2. The van der Waals surface area contributed by atoms with Crippen molar-refractivity contribution in [3.05, 3.63) is 112 Å². The van der Waals surface area contributed by atoms with Gasteiger partial charge in [0.1, 0.15) is 46.9 Å². The molecule has 12 nitrogen and oxygen atoms in total. The van der Waals surface area contributed by atoms with Crippen LogP contribution in [0.3, 0.4) is 0 Å². The van der Waals surface area contributed by atoms with Crippen LogP contribution in [-0.2, 0) is 0 Å². The fourth-order valence-electron chi connectivity index (χ4n) is 6.99. The normalized spacial score (nSPS) is 13.9. The lowest BCUT2D eigenvalue weighted by molar-refractivity contribution is 0.102. The van der Waals surface area contributed by atoms with Gasteiger partial charge in [0.15, 0.2) is 10.9 Å². The second kappa shape index (κ2) is 31.4. The maximum absolute atomic E-state index is 13.1. The van der Waals surface area contributed by atoms with Crippen molar-refractivity contribution in [1.29, 1.82) is 0 Å². The molecule has 0 radical (unpaired) electrons. The molecule has 68 heavy (non-hydrogen) atoms. The van der Waals surface area contributed by atoms with Crippen LogP contribution in [0.25, 0.3) is 0 Å². The summed E-state index contributed by atoms with van der Waals surface area (Å²) in [6.07, 6.45) is 0. The van der Waals surface area contributed by atoms with Crippen molar-refractivity contribution in [2.45, 2.75) is 81.1 Å². The van der Waals surface area contributed by atoms with Gasteiger partial charge in [-0.25, -0.2) is 4.98 Å². The van der Waals surface area contributed by atoms with Crippen molar-refractivity contribution >= 4 is 73.8 Å². The third kappa shape index (κ3) is 17.6. The summed E-state index contributed by atoms with van der Waals surface area (Å²) in [6, 6.07) is 26.8. The Morgan fingerprint density at radius 1 is 0.735 bits per heavy atom. The summed E-state index contributed by atoms with van der Waals surface area (Å²) in [4.78, 5) is 34.0. The standard InChI is InChI=1S/C25H30N4O3S.C13H22N2OS.C11H11BrO2.2C2H6/c1-4-29(5-2)12-13-31-19-9-7-18(8-10-19)27-25-28-24(26)23(33-25)22(30)17-6-11-21-20(14-17)16(3)15-32-21;1-3-15(4-2)9-10-16-13-7-5-12(6-8-13)14-11-17;1-7-6-14-11-3-2-8(4-9(7)11)10(13)5-12;2*1-2/h6-11,14,16H,4-5,12-13,15,26H2,1-3H3,(H,27,28);5-8,14,17H,3-4,9-11H2,1-2H3;2-4,7H,5-6H2,1H3;2*1-2H3. The first kappa shape index (κ1) is 57.5. The van der Waals surface area contributed by atoms with E-state index in [-0.39, 0.29) is 23.3 Å². The molecule has 2 atom stereocenters. The van der Waals surface area contributed by atoms with Gasteiger partial charge in [0.25, 0.3) is 0 Å². The van der Waals surface area contributed by atoms with Gasteiger partial charge in [0.05, 0.1) is 24.4 Å². The molecule has 0 spiro atoms. The van der Waals surface area contributed by atoms with Crippen LogP contribution in [0.2, 0.25) is 0 Å². The Balaban J connectivity index is 0.000000292. The molecule has 15 heteroatoms. The van der Waals surface area contributed by atoms with Crippen LogP contribution in [0, 0.1) is 0 Å². The number of Topliss-reactive ketones (excluding diaryl/α,β-unsaturated/α-hetero) is 1. The summed E-state index contributed by atoms with van der Waals surface area (Å²) >= 11 is 8.53. The number of halogens is 1. The van der Waals surface area contributed by atoms with Gasteiger partial charge in [-0.05, 0) is 111 Å². The van der Waals surface area contributed by atoms with Gasteiger partial charge in [0, 0.05) is 58.6 Å². The molecule has 4 N–H and O–H groups in total. The Hall–Kier alpha value is -4.80. The lowest BCUT2D eigenvalue weighted by Gasteiger charge is -2.18. The maximum atomic E-state index is 13.1. The number of nitrogens with zero attached hydrogens (tertiary/aromatic N) is 3. The second-order valence-electron chi connectivity index (χ2n) is 15.3. The van der Waals surface area contributed by atoms with Crippen molar-refractivity contribution in [2.75, 3.05) is 93.3 Å². The van der Waals surface area contributed by atoms with Crippen molar-refractivity contribution in [3.63, 3.8) is 0 Å². The van der Waals surface area contributed by atoms with E-state index in [9.17, 15) is 9.59 Å². The van der Waals surface area contributed by atoms with Gasteiger partial charge in [-0.1, -0.05) is 96.5 Å². The molecule has 3 heterocycles. The first-order chi connectivity index (χ1) is 33.0. The molecule has 0 saturated heterocycles. The van der Waals surface area contributed by atoms with E-state index in [4.69, 9.17) is 24.7 Å². The number of aromatic nitrogens is 1. The van der Waals surface area contributed by atoms with E-state index in [2.05, 4.69) is 95.5 Å². The fourth-order valence-corrected chi connectivity index (χ4v) is 8.37. The number of hydrogen-bond donors (Lipinski definition) is 4. The number of nitrogens with two attached hydrogens (primary N) is 1. The molecule has 0 amide bonds. The van der Waals surface area contributed by atoms with E-state index < -0.39 is 0 Å².